The highest BCUT2D eigenvalue weighted by molar-refractivity contribution is 5.88. The highest BCUT2D eigenvalue weighted by atomic mass is 19.3. The van der Waals surface area contributed by atoms with Crippen molar-refractivity contribution in [3.8, 4) is 11.1 Å². The fourth-order valence-electron chi connectivity index (χ4n) is 4.80. The summed E-state index contributed by atoms with van der Waals surface area (Å²) >= 11 is 0. The van der Waals surface area contributed by atoms with Crippen LogP contribution in [0.2, 0.25) is 0 Å². The van der Waals surface area contributed by atoms with Crippen molar-refractivity contribution in [2.24, 2.45) is 17.8 Å². The maximum atomic E-state index is 14.2. The second-order valence-corrected chi connectivity index (χ2v) is 9.49. The Bertz CT molecular complexity index is 1090. The third-order valence-electron chi connectivity index (χ3n) is 6.62. The average molecular weight is 487 g/mol. The Hall–Kier alpha value is -3.49. The number of benzene rings is 2. The van der Waals surface area contributed by atoms with Gasteiger partial charge in [0, 0.05) is 12.5 Å². The predicted molar refractivity (Wildman–Crippen MR) is 124 cm³/mol. The SMILES string of the molecule is CC(C)C[C@H](NC(=O)C1C(CNC(=O)OCC2c3ccccc3-c3ccccc32)C1(F)F)C(=O)O. The van der Waals surface area contributed by atoms with Gasteiger partial charge in [0.25, 0.3) is 5.92 Å². The van der Waals surface area contributed by atoms with Gasteiger partial charge in [0.05, 0.1) is 5.92 Å². The number of fused-ring (bicyclic) bond motifs is 3. The minimum atomic E-state index is -3.33. The summed E-state index contributed by atoms with van der Waals surface area (Å²) in [5, 5.41) is 13.8. The van der Waals surface area contributed by atoms with Crippen molar-refractivity contribution in [2.45, 2.75) is 38.2 Å². The monoisotopic (exact) mass is 486 g/mol. The lowest BCUT2D eigenvalue weighted by Crippen LogP contribution is -2.43. The van der Waals surface area contributed by atoms with Crippen LogP contribution in [-0.2, 0) is 14.3 Å². The Morgan fingerprint density at radius 3 is 2.14 bits per heavy atom. The van der Waals surface area contributed by atoms with E-state index in [2.05, 4.69) is 10.6 Å². The number of alkyl carbamates (subject to hydrolysis) is 1. The number of carboxylic acids is 1. The number of halogens is 2. The van der Waals surface area contributed by atoms with Crippen LogP contribution < -0.4 is 10.6 Å². The van der Waals surface area contributed by atoms with E-state index >= 15 is 0 Å². The molecule has 4 rings (SSSR count). The molecule has 3 N–H and O–H groups in total. The van der Waals surface area contributed by atoms with E-state index in [0.717, 1.165) is 22.3 Å². The third-order valence-corrected chi connectivity index (χ3v) is 6.62. The van der Waals surface area contributed by atoms with E-state index in [0.29, 0.717) is 0 Å². The van der Waals surface area contributed by atoms with E-state index in [1.54, 1.807) is 13.8 Å². The summed E-state index contributed by atoms with van der Waals surface area (Å²) in [6, 6.07) is 14.4. The number of rotatable bonds is 9. The predicted octanol–water partition coefficient (Wildman–Crippen LogP) is 4.02. The molecule has 2 aliphatic carbocycles. The van der Waals surface area contributed by atoms with Crippen LogP contribution in [0.25, 0.3) is 11.1 Å². The Labute approximate surface area is 201 Å². The molecule has 7 nitrogen and oxygen atoms in total. The first-order chi connectivity index (χ1) is 16.6. The van der Waals surface area contributed by atoms with Gasteiger partial charge in [-0.25, -0.2) is 18.4 Å². The molecular weight excluding hydrogens is 458 g/mol. The second-order valence-electron chi connectivity index (χ2n) is 9.49. The van der Waals surface area contributed by atoms with Crippen molar-refractivity contribution >= 4 is 18.0 Å². The zero-order valence-corrected chi connectivity index (χ0v) is 19.5. The largest absolute Gasteiger partial charge is 0.480 e. The van der Waals surface area contributed by atoms with Gasteiger partial charge in [0.15, 0.2) is 0 Å². The van der Waals surface area contributed by atoms with Gasteiger partial charge in [-0.1, -0.05) is 62.4 Å². The van der Waals surface area contributed by atoms with Crippen LogP contribution in [0.4, 0.5) is 13.6 Å². The summed E-state index contributed by atoms with van der Waals surface area (Å²) in [7, 11) is 0. The smallest absolute Gasteiger partial charge is 0.407 e. The molecule has 2 aromatic rings. The maximum Gasteiger partial charge on any atom is 0.407 e. The Balaban J connectivity index is 1.31. The van der Waals surface area contributed by atoms with Crippen LogP contribution in [0.5, 0.6) is 0 Å². The van der Waals surface area contributed by atoms with E-state index in [1.807, 2.05) is 48.5 Å². The number of ether oxygens (including phenoxy) is 1. The molecule has 2 amide bonds. The molecule has 0 aliphatic heterocycles. The van der Waals surface area contributed by atoms with Crippen LogP contribution in [0.15, 0.2) is 48.5 Å². The first-order valence-corrected chi connectivity index (χ1v) is 11.6. The molecule has 2 unspecified atom stereocenters. The van der Waals surface area contributed by atoms with E-state index in [9.17, 15) is 28.3 Å². The number of hydrogen-bond acceptors (Lipinski definition) is 4. The molecule has 0 heterocycles. The number of aliphatic carboxylic acids is 1. The number of carbonyl (C=O) groups excluding carboxylic acids is 2. The van der Waals surface area contributed by atoms with Gasteiger partial charge in [-0.3, -0.25) is 4.79 Å². The van der Waals surface area contributed by atoms with Crippen LogP contribution >= 0.6 is 0 Å². The highest BCUT2D eigenvalue weighted by Gasteiger charge is 2.71. The molecule has 1 fully saturated rings. The number of alkyl halides is 2. The summed E-state index contributed by atoms with van der Waals surface area (Å²) in [4.78, 5) is 35.9. The maximum absolute atomic E-state index is 14.2. The van der Waals surface area contributed by atoms with Gasteiger partial charge in [-0.05, 0) is 34.6 Å². The van der Waals surface area contributed by atoms with Crippen LogP contribution in [0.3, 0.4) is 0 Å². The van der Waals surface area contributed by atoms with Crippen molar-refractivity contribution < 1.29 is 33.0 Å². The highest BCUT2D eigenvalue weighted by Crippen LogP contribution is 2.55. The van der Waals surface area contributed by atoms with Crippen molar-refractivity contribution in [3.63, 3.8) is 0 Å². The summed E-state index contributed by atoms with van der Waals surface area (Å²) in [5.74, 6) is -8.94. The zero-order valence-electron chi connectivity index (χ0n) is 19.5. The van der Waals surface area contributed by atoms with Crippen molar-refractivity contribution in [2.75, 3.05) is 13.2 Å². The van der Waals surface area contributed by atoms with Crippen molar-refractivity contribution in [1.29, 1.82) is 0 Å². The molecule has 9 heteroatoms. The zero-order chi connectivity index (χ0) is 25.3. The van der Waals surface area contributed by atoms with E-state index < -0.39 is 48.3 Å². The minimum Gasteiger partial charge on any atom is -0.480 e. The fraction of sp³-hybridized carbons (Fsp3) is 0.423. The van der Waals surface area contributed by atoms with E-state index in [4.69, 9.17) is 4.74 Å². The molecule has 2 aromatic carbocycles. The normalized spacial score (nSPS) is 20.5. The van der Waals surface area contributed by atoms with E-state index in [1.165, 1.54) is 0 Å². The molecule has 35 heavy (non-hydrogen) atoms. The quantitative estimate of drug-likeness (QED) is 0.497. The lowest BCUT2D eigenvalue weighted by atomic mass is 9.98. The molecule has 2 aliphatic rings. The molecule has 0 spiro atoms. The van der Waals surface area contributed by atoms with Gasteiger partial charge in [-0.2, -0.15) is 0 Å². The molecule has 0 saturated heterocycles. The summed E-state index contributed by atoms with van der Waals surface area (Å²) in [5.41, 5.74) is 4.20. The number of nitrogens with one attached hydrogen (secondary N) is 2. The summed E-state index contributed by atoms with van der Waals surface area (Å²) < 4.78 is 33.8. The molecule has 0 radical (unpaired) electrons. The van der Waals surface area contributed by atoms with Gasteiger partial charge in [0.1, 0.15) is 18.6 Å². The Morgan fingerprint density at radius 2 is 1.60 bits per heavy atom. The van der Waals surface area contributed by atoms with Gasteiger partial charge < -0.3 is 20.5 Å². The van der Waals surface area contributed by atoms with Crippen molar-refractivity contribution in [1.82, 2.24) is 10.6 Å². The average Bonchev–Trinajstić information content (AvgIpc) is 3.22. The fourth-order valence-corrected chi connectivity index (χ4v) is 4.80. The van der Waals surface area contributed by atoms with Crippen LogP contribution in [0.1, 0.15) is 37.3 Å². The molecule has 0 bridgehead atoms. The van der Waals surface area contributed by atoms with Gasteiger partial charge in [0.2, 0.25) is 5.91 Å². The number of carboxylic acid groups (broad SMARTS) is 1. The topological polar surface area (TPSA) is 105 Å². The third kappa shape index (κ3) is 4.99. The molecule has 186 valence electrons. The minimum absolute atomic E-state index is 0.0397. The van der Waals surface area contributed by atoms with Crippen LogP contribution in [-0.4, -0.2) is 48.2 Å². The number of amides is 2. The first kappa shape index (κ1) is 24.6. The van der Waals surface area contributed by atoms with Gasteiger partial charge in [-0.15, -0.1) is 0 Å². The van der Waals surface area contributed by atoms with Gasteiger partial charge >= 0.3 is 12.1 Å². The standard InChI is InChI=1S/C26H28F2N2O5/c1-14(2)11-21(24(32)33)30-23(31)22-20(26(22,27)28)12-29-25(34)35-13-19-17-9-5-3-7-15(17)16-8-4-6-10-18(16)19/h3-10,14,19-22H,11-13H2,1-2H3,(H,29,34)(H,30,31)(H,32,33)/t20?,21-,22?/m0/s1. The second kappa shape index (κ2) is 9.64. The summed E-state index contributed by atoms with van der Waals surface area (Å²) in [6.45, 7) is 3.13. The Kier molecular flexibility index (Phi) is 6.78. The molecule has 0 aromatic heterocycles. The molecule has 1 saturated carbocycles. The van der Waals surface area contributed by atoms with Crippen LogP contribution in [0, 0.1) is 17.8 Å². The lowest BCUT2D eigenvalue weighted by molar-refractivity contribution is -0.142. The van der Waals surface area contributed by atoms with Crippen molar-refractivity contribution in [3.05, 3.63) is 59.7 Å². The summed E-state index contributed by atoms with van der Waals surface area (Å²) in [6.07, 6.45) is -0.723. The first-order valence-electron chi connectivity index (χ1n) is 11.6. The number of carbonyl (C=O) groups is 3. The van der Waals surface area contributed by atoms with E-state index in [-0.39, 0.29) is 24.9 Å². The molecule has 3 atom stereocenters. The Morgan fingerprint density at radius 1 is 1.03 bits per heavy atom. The lowest BCUT2D eigenvalue weighted by Gasteiger charge is -2.16. The molecular formula is C26H28F2N2O5. The number of hydrogen-bond donors (Lipinski definition) is 3.